The van der Waals surface area contributed by atoms with Crippen LogP contribution >= 0.6 is 15.9 Å². The van der Waals surface area contributed by atoms with E-state index >= 15 is 0 Å². The van der Waals surface area contributed by atoms with Crippen molar-refractivity contribution in [2.24, 2.45) is 0 Å². The molecule has 5 nitrogen and oxygen atoms in total. The molecule has 0 unspecified atom stereocenters. The highest BCUT2D eigenvalue weighted by Gasteiger charge is 2.26. The topological polar surface area (TPSA) is 66.8 Å². The van der Waals surface area contributed by atoms with E-state index < -0.39 is 0 Å². The standard InChI is InChI=1S/C31H29BrN4O/c32-24-13-7-8-21(18-24)19-35-29(23-11-5-2-6-12-23)27(22-9-3-1-4-10-22)28-30(33)36(20-34-31(28)35)25-14-16-26(37)17-15-25/h1-13,18,20,25-26,33,37H,14-17,19H2/t25-,26-. The third-order valence-corrected chi connectivity index (χ3v) is 7.93. The molecule has 0 saturated heterocycles. The van der Waals surface area contributed by atoms with Crippen LogP contribution in [0, 0.1) is 5.41 Å². The molecule has 0 amide bonds. The van der Waals surface area contributed by atoms with Crippen molar-refractivity contribution >= 4 is 27.0 Å². The van der Waals surface area contributed by atoms with Gasteiger partial charge in [0, 0.05) is 22.6 Å². The Labute approximate surface area is 224 Å². The van der Waals surface area contributed by atoms with Gasteiger partial charge in [0.05, 0.1) is 23.5 Å². The molecule has 2 N–H and O–H groups in total. The Morgan fingerprint density at radius 2 is 1.54 bits per heavy atom. The number of aliphatic hydroxyl groups is 1. The van der Waals surface area contributed by atoms with Crippen LogP contribution in [-0.4, -0.2) is 25.3 Å². The molecule has 1 saturated carbocycles. The first kappa shape index (κ1) is 23.9. The van der Waals surface area contributed by atoms with Crippen LogP contribution in [0.2, 0.25) is 0 Å². The first-order valence-electron chi connectivity index (χ1n) is 12.8. The summed E-state index contributed by atoms with van der Waals surface area (Å²) < 4.78 is 5.33. The number of aromatic nitrogens is 3. The van der Waals surface area contributed by atoms with E-state index in [4.69, 9.17) is 4.98 Å². The average Bonchev–Trinajstić information content (AvgIpc) is 3.25. The predicted molar refractivity (Wildman–Crippen MR) is 151 cm³/mol. The third kappa shape index (κ3) is 4.56. The lowest BCUT2D eigenvalue weighted by molar-refractivity contribution is 0.109. The summed E-state index contributed by atoms with van der Waals surface area (Å²) in [5.74, 6) is 0. The largest absolute Gasteiger partial charge is 0.393 e. The van der Waals surface area contributed by atoms with Crippen molar-refractivity contribution in [1.29, 1.82) is 5.41 Å². The first-order valence-corrected chi connectivity index (χ1v) is 13.6. The fourth-order valence-electron chi connectivity index (χ4n) is 5.64. The molecule has 0 spiro atoms. The van der Waals surface area contributed by atoms with Crippen LogP contribution in [0.5, 0.6) is 0 Å². The van der Waals surface area contributed by atoms with Gasteiger partial charge in [0.2, 0.25) is 0 Å². The minimum Gasteiger partial charge on any atom is -0.393 e. The second-order valence-electron chi connectivity index (χ2n) is 9.83. The fourth-order valence-corrected chi connectivity index (χ4v) is 6.08. The molecule has 0 aliphatic heterocycles. The molecule has 6 rings (SSSR count). The number of hydrogen-bond donors (Lipinski definition) is 2. The summed E-state index contributed by atoms with van der Waals surface area (Å²) in [5, 5.41) is 20.4. The Hall–Kier alpha value is -3.48. The monoisotopic (exact) mass is 552 g/mol. The Morgan fingerprint density at radius 1 is 0.865 bits per heavy atom. The molecule has 0 radical (unpaired) electrons. The lowest BCUT2D eigenvalue weighted by atomic mass is 9.93. The van der Waals surface area contributed by atoms with Gasteiger partial charge in [0.1, 0.15) is 11.1 Å². The van der Waals surface area contributed by atoms with Crippen LogP contribution < -0.4 is 5.49 Å². The number of fused-ring (bicyclic) bond motifs is 1. The normalized spacial score (nSPS) is 17.8. The van der Waals surface area contributed by atoms with Gasteiger partial charge in [-0.05, 0) is 54.5 Å². The molecule has 2 heterocycles. The molecular weight excluding hydrogens is 524 g/mol. The molecule has 5 aromatic rings. The van der Waals surface area contributed by atoms with E-state index in [1.54, 1.807) is 0 Å². The van der Waals surface area contributed by atoms with Crippen molar-refractivity contribution in [2.75, 3.05) is 0 Å². The number of nitrogens with one attached hydrogen (secondary N) is 1. The highest BCUT2D eigenvalue weighted by molar-refractivity contribution is 9.10. The molecule has 1 aliphatic rings. The van der Waals surface area contributed by atoms with Crippen molar-refractivity contribution in [3.63, 3.8) is 0 Å². The molecule has 2 aromatic heterocycles. The molecular formula is C31H29BrN4O. The number of benzene rings is 3. The van der Waals surface area contributed by atoms with Gasteiger partial charge in [0.25, 0.3) is 0 Å². The molecule has 3 aromatic carbocycles. The van der Waals surface area contributed by atoms with Gasteiger partial charge in [-0.2, -0.15) is 0 Å². The zero-order valence-corrected chi connectivity index (χ0v) is 22.1. The Balaban J connectivity index is 1.66. The molecule has 1 aliphatic carbocycles. The van der Waals surface area contributed by atoms with Crippen LogP contribution in [0.3, 0.4) is 0 Å². The summed E-state index contributed by atoms with van der Waals surface area (Å²) in [4.78, 5) is 5.02. The average molecular weight is 554 g/mol. The van der Waals surface area contributed by atoms with Crippen LogP contribution in [0.15, 0.2) is 95.7 Å². The van der Waals surface area contributed by atoms with Gasteiger partial charge in [-0.25, -0.2) is 4.98 Å². The summed E-state index contributed by atoms with van der Waals surface area (Å²) >= 11 is 3.62. The Kier molecular flexibility index (Phi) is 6.53. The van der Waals surface area contributed by atoms with Crippen molar-refractivity contribution < 1.29 is 5.11 Å². The number of rotatable bonds is 5. The van der Waals surface area contributed by atoms with Crippen molar-refractivity contribution in [2.45, 2.75) is 44.4 Å². The lowest BCUT2D eigenvalue weighted by Gasteiger charge is -2.27. The van der Waals surface area contributed by atoms with E-state index in [1.807, 2.05) is 29.1 Å². The summed E-state index contributed by atoms with van der Waals surface area (Å²) in [6.07, 6.45) is 4.85. The van der Waals surface area contributed by atoms with Gasteiger partial charge in [-0.3, -0.25) is 5.41 Å². The van der Waals surface area contributed by atoms with Gasteiger partial charge >= 0.3 is 0 Å². The predicted octanol–water partition coefficient (Wildman–Crippen LogP) is 6.94. The zero-order valence-electron chi connectivity index (χ0n) is 20.5. The second kappa shape index (κ2) is 10.1. The highest BCUT2D eigenvalue weighted by Crippen LogP contribution is 2.40. The molecule has 0 bridgehead atoms. The number of aliphatic hydroxyl groups excluding tert-OH is 1. The van der Waals surface area contributed by atoms with E-state index in [-0.39, 0.29) is 12.1 Å². The van der Waals surface area contributed by atoms with Crippen LogP contribution in [0.4, 0.5) is 0 Å². The van der Waals surface area contributed by atoms with Crippen molar-refractivity contribution in [3.8, 4) is 22.4 Å². The van der Waals surface area contributed by atoms with E-state index in [0.717, 1.165) is 69.1 Å². The zero-order chi connectivity index (χ0) is 25.4. The SMILES string of the molecule is N=c1c2c(-c3ccccc3)c(-c3ccccc3)n(Cc3cccc(Br)c3)c2ncn1[C@H]1CC[C@H](O)CC1. The van der Waals surface area contributed by atoms with E-state index in [9.17, 15) is 10.5 Å². The van der Waals surface area contributed by atoms with Crippen LogP contribution in [-0.2, 0) is 6.54 Å². The molecule has 1 fully saturated rings. The Morgan fingerprint density at radius 3 is 2.22 bits per heavy atom. The summed E-state index contributed by atoms with van der Waals surface area (Å²) in [7, 11) is 0. The summed E-state index contributed by atoms with van der Waals surface area (Å²) in [5.41, 5.74) is 6.74. The van der Waals surface area contributed by atoms with Gasteiger partial charge < -0.3 is 14.2 Å². The lowest BCUT2D eigenvalue weighted by Crippen LogP contribution is -2.29. The van der Waals surface area contributed by atoms with Gasteiger partial charge in [-0.15, -0.1) is 0 Å². The number of hydrogen-bond acceptors (Lipinski definition) is 3. The molecule has 37 heavy (non-hydrogen) atoms. The fraction of sp³-hybridized carbons (Fsp3) is 0.226. The Bertz CT molecular complexity index is 1600. The second-order valence-corrected chi connectivity index (χ2v) is 10.7. The van der Waals surface area contributed by atoms with E-state index in [0.29, 0.717) is 12.0 Å². The highest BCUT2D eigenvalue weighted by atomic mass is 79.9. The molecule has 6 heteroatoms. The number of halogens is 1. The molecule has 0 atom stereocenters. The smallest absolute Gasteiger partial charge is 0.146 e. The van der Waals surface area contributed by atoms with E-state index in [1.165, 1.54) is 0 Å². The maximum atomic E-state index is 10.1. The maximum absolute atomic E-state index is 10.1. The first-order chi connectivity index (χ1) is 18.1. The van der Waals surface area contributed by atoms with Crippen molar-refractivity contribution in [1.82, 2.24) is 14.1 Å². The maximum Gasteiger partial charge on any atom is 0.146 e. The third-order valence-electron chi connectivity index (χ3n) is 7.43. The van der Waals surface area contributed by atoms with Crippen LogP contribution in [0.25, 0.3) is 33.4 Å². The quantitative estimate of drug-likeness (QED) is 0.248. The number of nitrogens with zero attached hydrogens (tertiary/aromatic N) is 3. The minimum atomic E-state index is -0.237. The van der Waals surface area contributed by atoms with Gasteiger partial charge in [-0.1, -0.05) is 88.7 Å². The van der Waals surface area contributed by atoms with Crippen LogP contribution in [0.1, 0.15) is 37.3 Å². The minimum absolute atomic E-state index is 0.171. The van der Waals surface area contributed by atoms with Crippen molar-refractivity contribution in [3.05, 3.63) is 107 Å². The van der Waals surface area contributed by atoms with E-state index in [2.05, 4.69) is 87.2 Å². The summed E-state index contributed by atoms with van der Waals surface area (Å²) in [6.45, 7) is 0.638. The van der Waals surface area contributed by atoms with Gasteiger partial charge in [0.15, 0.2) is 0 Å². The molecule has 186 valence electrons. The summed E-state index contributed by atoms with van der Waals surface area (Å²) in [6, 6.07) is 29.4.